The van der Waals surface area contributed by atoms with Crippen LogP contribution in [0.15, 0.2) is 18.2 Å². The van der Waals surface area contributed by atoms with E-state index in [4.69, 9.17) is 23.2 Å². The van der Waals surface area contributed by atoms with Gasteiger partial charge < -0.3 is 5.32 Å². The van der Waals surface area contributed by atoms with Gasteiger partial charge in [-0.25, -0.2) is 8.42 Å². The van der Waals surface area contributed by atoms with E-state index in [9.17, 15) is 8.42 Å². The Hall–Kier alpha value is -0.490. The molecule has 0 radical (unpaired) electrons. The zero-order valence-electron chi connectivity index (χ0n) is 9.62. The monoisotopic (exact) mass is 308 g/mol. The molecule has 0 aromatic heterocycles. The average Bonchev–Trinajstić information content (AvgIpc) is 2.98. The first-order chi connectivity index (χ1) is 8.44. The highest BCUT2D eigenvalue weighted by Crippen LogP contribution is 2.23. The van der Waals surface area contributed by atoms with Gasteiger partial charge in [0.15, 0.2) is 0 Å². The van der Waals surface area contributed by atoms with Crippen molar-refractivity contribution < 1.29 is 8.42 Å². The van der Waals surface area contributed by atoms with Crippen LogP contribution in [0.2, 0.25) is 10.0 Å². The second kappa shape index (κ2) is 5.65. The molecule has 100 valence electrons. The van der Waals surface area contributed by atoms with E-state index in [1.807, 2.05) is 0 Å². The first-order valence-corrected chi connectivity index (χ1v) is 8.05. The van der Waals surface area contributed by atoms with Crippen molar-refractivity contribution in [3.63, 3.8) is 0 Å². The molecule has 7 heteroatoms. The predicted octanol–water partition coefficient (Wildman–Crippen LogP) is 2.49. The Kier molecular flexibility index (Phi) is 4.37. The lowest BCUT2D eigenvalue weighted by Crippen LogP contribution is -2.28. The van der Waals surface area contributed by atoms with E-state index in [1.54, 1.807) is 6.07 Å². The van der Waals surface area contributed by atoms with Gasteiger partial charge in [0.1, 0.15) is 0 Å². The van der Waals surface area contributed by atoms with Crippen molar-refractivity contribution in [3.05, 3.63) is 28.2 Å². The highest BCUT2D eigenvalue weighted by atomic mass is 35.5. The highest BCUT2D eigenvalue weighted by Gasteiger charge is 2.21. The topological polar surface area (TPSA) is 58.2 Å². The Morgan fingerprint density at radius 2 is 1.78 bits per heavy atom. The molecule has 1 aliphatic carbocycles. The van der Waals surface area contributed by atoms with Gasteiger partial charge in [-0.2, -0.15) is 0 Å². The summed E-state index contributed by atoms with van der Waals surface area (Å²) < 4.78 is 26.0. The van der Waals surface area contributed by atoms with Crippen LogP contribution in [0.4, 0.5) is 5.69 Å². The Morgan fingerprint density at radius 3 is 2.33 bits per heavy atom. The van der Waals surface area contributed by atoms with E-state index < -0.39 is 10.0 Å². The number of rotatable bonds is 6. The van der Waals surface area contributed by atoms with Crippen LogP contribution in [-0.2, 0) is 10.0 Å². The molecule has 1 saturated carbocycles. The molecule has 0 amide bonds. The number of nitrogens with one attached hydrogen (secondary N) is 2. The van der Waals surface area contributed by atoms with Crippen molar-refractivity contribution in [3.8, 4) is 0 Å². The van der Waals surface area contributed by atoms with Gasteiger partial charge in [-0.3, -0.25) is 4.72 Å². The van der Waals surface area contributed by atoms with Gasteiger partial charge >= 0.3 is 0 Å². The minimum Gasteiger partial charge on any atom is -0.313 e. The first-order valence-electron chi connectivity index (χ1n) is 5.64. The van der Waals surface area contributed by atoms with Crippen molar-refractivity contribution in [2.24, 2.45) is 0 Å². The molecule has 0 atom stereocenters. The lowest BCUT2D eigenvalue weighted by atomic mass is 10.3. The van der Waals surface area contributed by atoms with Crippen molar-refractivity contribution >= 4 is 38.9 Å². The molecule has 0 bridgehead atoms. The minimum atomic E-state index is -3.37. The number of benzene rings is 1. The standard InChI is InChI=1S/C11H14Cl2N2O2S/c12-8-5-9(13)7-11(6-8)15-18(16,17)4-3-14-10-1-2-10/h5-7,10,14-15H,1-4H2. The molecule has 0 aliphatic heterocycles. The van der Waals surface area contributed by atoms with Crippen molar-refractivity contribution in [1.29, 1.82) is 0 Å². The normalized spacial score (nSPS) is 15.7. The van der Waals surface area contributed by atoms with E-state index >= 15 is 0 Å². The van der Waals surface area contributed by atoms with Crippen molar-refractivity contribution in [1.82, 2.24) is 5.32 Å². The molecule has 0 unspecified atom stereocenters. The van der Waals surface area contributed by atoms with Crippen molar-refractivity contribution in [2.45, 2.75) is 18.9 Å². The van der Waals surface area contributed by atoms with Gasteiger partial charge in [-0.15, -0.1) is 0 Å². The number of hydrogen-bond donors (Lipinski definition) is 2. The molecular formula is C11H14Cl2N2O2S. The maximum absolute atomic E-state index is 11.8. The maximum atomic E-state index is 11.8. The molecule has 1 aromatic rings. The van der Waals surface area contributed by atoms with Gasteiger partial charge in [0.2, 0.25) is 10.0 Å². The van der Waals surface area contributed by atoms with Crippen LogP contribution in [0.1, 0.15) is 12.8 Å². The highest BCUT2D eigenvalue weighted by molar-refractivity contribution is 7.92. The Morgan fingerprint density at radius 1 is 1.17 bits per heavy atom. The number of hydrogen-bond acceptors (Lipinski definition) is 3. The summed E-state index contributed by atoms with van der Waals surface area (Å²) in [6.45, 7) is 0.453. The second-order valence-electron chi connectivity index (χ2n) is 4.31. The molecule has 0 heterocycles. The fraction of sp³-hybridized carbons (Fsp3) is 0.455. The van der Waals surface area contributed by atoms with Gasteiger partial charge in [0.05, 0.1) is 11.4 Å². The van der Waals surface area contributed by atoms with Gasteiger partial charge in [0, 0.05) is 22.6 Å². The smallest absolute Gasteiger partial charge is 0.233 e. The lowest BCUT2D eigenvalue weighted by Gasteiger charge is -2.09. The largest absolute Gasteiger partial charge is 0.313 e. The molecule has 0 saturated heterocycles. The Bertz CT molecular complexity index is 510. The molecule has 4 nitrogen and oxygen atoms in total. The van der Waals surface area contributed by atoms with E-state index in [0.29, 0.717) is 28.3 Å². The maximum Gasteiger partial charge on any atom is 0.233 e. The van der Waals surface area contributed by atoms with E-state index in [-0.39, 0.29) is 5.75 Å². The fourth-order valence-corrected chi connectivity index (χ4v) is 3.02. The van der Waals surface area contributed by atoms with Gasteiger partial charge in [-0.1, -0.05) is 23.2 Å². The second-order valence-corrected chi connectivity index (χ2v) is 7.02. The van der Waals surface area contributed by atoms with Gasteiger partial charge in [-0.05, 0) is 31.0 Å². The number of sulfonamides is 1. The first kappa shape index (κ1) is 13.9. The molecule has 0 spiro atoms. The summed E-state index contributed by atoms with van der Waals surface area (Å²) in [5.41, 5.74) is 0.388. The molecule has 1 aromatic carbocycles. The lowest BCUT2D eigenvalue weighted by molar-refractivity contribution is 0.595. The zero-order chi connectivity index (χ0) is 13.2. The van der Waals surface area contributed by atoms with E-state index in [0.717, 1.165) is 12.8 Å². The Balaban J connectivity index is 1.92. The third-order valence-electron chi connectivity index (χ3n) is 2.52. The van der Waals surface area contributed by atoms with Crippen LogP contribution < -0.4 is 10.0 Å². The summed E-state index contributed by atoms with van der Waals surface area (Å²) in [6.07, 6.45) is 2.27. The van der Waals surface area contributed by atoms with E-state index in [2.05, 4.69) is 10.0 Å². The van der Waals surface area contributed by atoms with Crippen LogP contribution in [0.25, 0.3) is 0 Å². The van der Waals surface area contributed by atoms with Crippen LogP contribution in [0.5, 0.6) is 0 Å². The SMILES string of the molecule is O=S(=O)(CCNC1CC1)Nc1cc(Cl)cc(Cl)c1. The third kappa shape index (κ3) is 4.65. The summed E-state index contributed by atoms with van der Waals surface area (Å²) in [5, 5.41) is 3.95. The van der Waals surface area contributed by atoms with Crippen LogP contribution >= 0.6 is 23.2 Å². The van der Waals surface area contributed by atoms with Gasteiger partial charge in [0.25, 0.3) is 0 Å². The molecular weight excluding hydrogens is 295 g/mol. The molecule has 1 fully saturated rings. The zero-order valence-corrected chi connectivity index (χ0v) is 11.9. The van der Waals surface area contributed by atoms with Crippen LogP contribution in [0.3, 0.4) is 0 Å². The van der Waals surface area contributed by atoms with E-state index in [1.165, 1.54) is 12.1 Å². The average molecular weight is 309 g/mol. The molecule has 18 heavy (non-hydrogen) atoms. The summed E-state index contributed by atoms with van der Waals surface area (Å²) in [7, 11) is -3.37. The number of halogens is 2. The predicted molar refractivity (Wildman–Crippen MR) is 74.9 cm³/mol. The molecule has 2 rings (SSSR count). The number of anilines is 1. The molecule has 2 N–H and O–H groups in total. The third-order valence-corrected chi connectivity index (χ3v) is 4.24. The molecule has 1 aliphatic rings. The van der Waals surface area contributed by atoms with Crippen LogP contribution in [-0.4, -0.2) is 26.8 Å². The summed E-state index contributed by atoms with van der Waals surface area (Å²) in [5.74, 6) is 0.0353. The summed E-state index contributed by atoms with van der Waals surface area (Å²) in [6, 6.07) is 5.11. The fourth-order valence-electron chi connectivity index (χ4n) is 1.53. The minimum absolute atomic E-state index is 0.0353. The quantitative estimate of drug-likeness (QED) is 0.849. The van der Waals surface area contributed by atoms with Crippen LogP contribution in [0, 0.1) is 0 Å². The van der Waals surface area contributed by atoms with Crippen molar-refractivity contribution in [2.75, 3.05) is 17.0 Å². The Labute approximate surface area is 117 Å². The summed E-state index contributed by atoms with van der Waals surface area (Å²) in [4.78, 5) is 0. The summed E-state index contributed by atoms with van der Waals surface area (Å²) >= 11 is 11.6.